The minimum Gasteiger partial charge on any atom is -0.376 e. The van der Waals surface area contributed by atoms with Crippen molar-refractivity contribution < 1.29 is 14.3 Å². The van der Waals surface area contributed by atoms with Gasteiger partial charge in [0.15, 0.2) is 0 Å². The van der Waals surface area contributed by atoms with Crippen LogP contribution in [0.2, 0.25) is 0 Å². The highest BCUT2D eigenvalue weighted by molar-refractivity contribution is 6.05. The molecule has 6 heteroatoms. The summed E-state index contributed by atoms with van der Waals surface area (Å²) in [4.78, 5) is 27.9. The van der Waals surface area contributed by atoms with Crippen LogP contribution in [0.1, 0.15) is 48.5 Å². The number of carbonyl (C=O) groups excluding carboxylic acids is 2. The van der Waals surface area contributed by atoms with Gasteiger partial charge in [-0.05, 0) is 61.4 Å². The third-order valence-corrected chi connectivity index (χ3v) is 6.37. The van der Waals surface area contributed by atoms with Crippen molar-refractivity contribution in [3.05, 3.63) is 65.7 Å². The molecule has 174 valence electrons. The molecule has 0 saturated carbocycles. The van der Waals surface area contributed by atoms with Crippen LogP contribution in [0, 0.1) is 5.92 Å². The number of anilines is 2. The maximum Gasteiger partial charge on any atom is 0.253 e. The van der Waals surface area contributed by atoms with Gasteiger partial charge in [0.25, 0.3) is 5.91 Å². The fourth-order valence-corrected chi connectivity index (χ4v) is 4.35. The third kappa shape index (κ3) is 6.45. The second-order valence-corrected chi connectivity index (χ2v) is 8.98. The number of amides is 2. The molecule has 1 atom stereocenters. The highest BCUT2D eigenvalue weighted by Gasteiger charge is 2.23. The lowest BCUT2D eigenvalue weighted by Gasteiger charge is -2.33. The average Bonchev–Trinajstić information content (AvgIpc) is 3.36. The van der Waals surface area contributed by atoms with Crippen molar-refractivity contribution >= 4 is 29.3 Å². The van der Waals surface area contributed by atoms with Crippen molar-refractivity contribution in [1.29, 1.82) is 0 Å². The standard InChI is InChI=1S/C27H33N3O3/c1-20-13-15-30(16-14-20)25-11-10-22(29-26(31)12-9-21-6-3-2-4-7-21)18-24(25)27(32)28-19-23-8-5-17-33-23/h2-4,6-7,9-12,18,20,23H,5,8,13-17,19H2,1H3,(H,28,32)(H,29,31)/b12-9+. The van der Waals surface area contributed by atoms with E-state index in [4.69, 9.17) is 4.74 Å². The number of benzene rings is 2. The van der Waals surface area contributed by atoms with E-state index in [2.05, 4.69) is 22.5 Å². The fraction of sp³-hybridized carbons (Fsp3) is 0.407. The Labute approximate surface area is 196 Å². The molecule has 2 heterocycles. The summed E-state index contributed by atoms with van der Waals surface area (Å²) in [6, 6.07) is 15.3. The Morgan fingerprint density at radius 3 is 2.61 bits per heavy atom. The van der Waals surface area contributed by atoms with Gasteiger partial charge in [-0.3, -0.25) is 9.59 Å². The predicted octanol–water partition coefficient (Wildman–Crippen LogP) is 4.48. The average molecular weight is 448 g/mol. The largest absolute Gasteiger partial charge is 0.376 e. The zero-order chi connectivity index (χ0) is 23.0. The minimum absolute atomic E-state index is 0.0826. The number of rotatable bonds is 7. The van der Waals surface area contributed by atoms with Gasteiger partial charge in [0.2, 0.25) is 5.91 Å². The van der Waals surface area contributed by atoms with E-state index in [-0.39, 0.29) is 17.9 Å². The zero-order valence-corrected chi connectivity index (χ0v) is 19.3. The molecule has 2 amide bonds. The number of ether oxygens (including phenoxy) is 1. The number of carbonyl (C=O) groups is 2. The third-order valence-electron chi connectivity index (χ3n) is 6.37. The Morgan fingerprint density at radius 1 is 1.09 bits per heavy atom. The monoisotopic (exact) mass is 447 g/mol. The van der Waals surface area contributed by atoms with Crippen LogP contribution >= 0.6 is 0 Å². The van der Waals surface area contributed by atoms with Crippen molar-refractivity contribution in [2.45, 2.75) is 38.7 Å². The van der Waals surface area contributed by atoms with Gasteiger partial charge in [-0.25, -0.2) is 0 Å². The Bertz CT molecular complexity index is 975. The van der Waals surface area contributed by atoms with Gasteiger partial charge in [-0.2, -0.15) is 0 Å². The maximum atomic E-state index is 13.2. The lowest BCUT2D eigenvalue weighted by atomic mass is 9.97. The number of hydrogen-bond donors (Lipinski definition) is 2. The van der Waals surface area contributed by atoms with E-state index in [1.165, 1.54) is 6.08 Å². The van der Waals surface area contributed by atoms with E-state index in [0.717, 1.165) is 56.6 Å². The summed E-state index contributed by atoms with van der Waals surface area (Å²) in [5.74, 6) is 0.340. The lowest BCUT2D eigenvalue weighted by molar-refractivity contribution is -0.111. The highest BCUT2D eigenvalue weighted by Crippen LogP contribution is 2.29. The smallest absolute Gasteiger partial charge is 0.253 e. The summed E-state index contributed by atoms with van der Waals surface area (Å²) < 4.78 is 5.65. The van der Waals surface area contributed by atoms with Crippen LogP contribution in [0.5, 0.6) is 0 Å². The van der Waals surface area contributed by atoms with Crippen LogP contribution in [-0.4, -0.2) is 44.2 Å². The summed E-state index contributed by atoms with van der Waals surface area (Å²) in [7, 11) is 0. The molecule has 0 aromatic heterocycles. The quantitative estimate of drug-likeness (QED) is 0.614. The van der Waals surface area contributed by atoms with Crippen molar-refractivity contribution in [2.24, 2.45) is 5.92 Å². The van der Waals surface area contributed by atoms with Crippen molar-refractivity contribution in [3.63, 3.8) is 0 Å². The first-order chi connectivity index (χ1) is 16.1. The van der Waals surface area contributed by atoms with Crippen LogP contribution in [0.25, 0.3) is 6.08 Å². The Kier molecular flexibility index (Phi) is 7.79. The zero-order valence-electron chi connectivity index (χ0n) is 19.3. The molecule has 0 aliphatic carbocycles. The summed E-state index contributed by atoms with van der Waals surface area (Å²) in [5, 5.41) is 5.93. The van der Waals surface area contributed by atoms with E-state index in [9.17, 15) is 9.59 Å². The fourth-order valence-electron chi connectivity index (χ4n) is 4.35. The number of hydrogen-bond acceptors (Lipinski definition) is 4. The SMILES string of the molecule is CC1CCN(c2ccc(NC(=O)/C=C/c3ccccc3)cc2C(=O)NCC2CCCO2)CC1. The van der Waals surface area contributed by atoms with Gasteiger partial charge in [0.1, 0.15) is 0 Å². The van der Waals surface area contributed by atoms with Crippen LogP contribution in [0.4, 0.5) is 11.4 Å². The van der Waals surface area contributed by atoms with Gasteiger partial charge in [0.05, 0.1) is 11.7 Å². The first kappa shape index (κ1) is 23.1. The van der Waals surface area contributed by atoms with E-state index < -0.39 is 0 Å². The molecule has 2 fully saturated rings. The topological polar surface area (TPSA) is 70.7 Å². The Balaban J connectivity index is 1.49. The normalized spacial score (nSPS) is 19.1. The van der Waals surface area contributed by atoms with Crippen LogP contribution in [-0.2, 0) is 9.53 Å². The van der Waals surface area contributed by atoms with Gasteiger partial charge in [0, 0.05) is 43.7 Å². The summed E-state index contributed by atoms with van der Waals surface area (Å²) in [6.45, 7) is 5.40. The molecule has 0 radical (unpaired) electrons. The molecule has 2 saturated heterocycles. The predicted molar refractivity (Wildman–Crippen MR) is 132 cm³/mol. The molecule has 0 spiro atoms. The van der Waals surface area contributed by atoms with Gasteiger partial charge in [-0.15, -0.1) is 0 Å². The second kappa shape index (κ2) is 11.1. The molecule has 1 unspecified atom stereocenters. The number of piperidine rings is 1. The molecular formula is C27H33N3O3. The minimum atomic E-state index is -0.232. The van der Waals surface area contributed by atoms with E-state index >= 15 is 0 Å². The summed E-state index contributed by atoms with van der Waals surface area (Å²) in [6.07, 6.45) is 7.59. The summed E-state index contributed by atoms with van der Waals surface area (Å²) in [5.41, 5.74) is 3.07. The van der Waals surface area contributed by atoms with E-state index in [0.29, 0.717) is 23.7 Å². The maximum absolute atomic E-state index is 13.2. The molecule has 2 aliphatic heterocycles. The van der Waals surface area contributed by atoms with Crippen LogP contribution < -0.4 is 15.5 Å². The molecule has 33 heavy (non-hydrogen) atoms. The molecule has 4 rings (SSSR count). The van der Waals surface area contributed by atoms with Crippen LogP contribution in [0.15, 0.2) is 54.6 Å². The Morgan fingerprint density at radius 2 is 1.88 bits per heavy atom. The Hall–Kier alpha value is -3.12. The molecule has 2 N–H and O–H groups in total. The second-order valence-electron chi connectivity index (χ2n) is 8.98. The first-order valence-electron chi connectivity index (χ1n) is 11.9. The van der Waals surface area contributed by atoms with Crippen molar-refractivity contribution in [3.8, 4) is 0 Å². The van der Waals surface area contributed by atoms with Crippen molar-refractivity contribution in [1.82, 2.24) is 5.32 Å². The molecule has 0 bridgehead atoms. The van der Waals surface area contributed by atoms with Gasteiger partial charge >= 0.3 is 0 Å². The molecular weight excluding hydrogens is 414 g/mol. The molecule has 2 aromatic carbocycles. The van der Waals surface area contributed by atoms with E-state index in [1.54, 1.807) is 12.1 Å². The molecule has 2 aromatic rings. The molecule has 2 aliphatic rings. The first-order valence-corrected chi connectivity index (χ1v) is 11.9. The van der Waals surface area contributed by atoms with Gasteiger partial charge in [-0.1, -0.05) is 37.3 Å². The number of nitrogens with one attached hydrogen (secondary N) is 2. The van der Waals surface area contributed by atoms with Crippen molar-refractivity contribution in [2.75, 3.05) is 36.5 Å². The number of nitrogens with zero attached hydrogens (tertiary/aromatic N) is 1. The van der Waals surface area contributed by atoms with Gasteiger partial charge < -0.3 is 20.3 Å². The van der Waals surface area contributed by atoms with E-state index in [1.807, 2.05) is 42.5 Å². The van der Waals surface area contributed by atoms with Crippen LogP contribution in [0.3, 0.4) is 0 Å². The highest BCUT2D eigenvalue weighted by atomic mass is 16.5. The summed E-state index contributed by atoms with van der Waals surface area (Å²) >= 11 is 0. The molecule has 6 nitrogen and oxygen atoms in total. The lowest BCUT2D eigenvalue weighted by Crippen LogP contribution is -2.36.